The van der Waals surface area contributed by atoms with Crippen LogP contribution in [0.1, 0.15) is 24.5 Å². The lowest BCUT2D eigenvalue weighted by Crippen LogP contribution is -2.28. The molecule has 1 aromatic rings. The van der Waals surface area contributed by atoms with E-state index in [4.69, 9.17) is 13.9 Å². The van der Waals surface area contributed by atoms with Gasteiger partial charge in [-0.15, -0.1) is 0 Å². The molecular weight excluding hydrogens is 308 g/mol. The minimum atomic E-state index is -1.47. The van der Waals surface area contributed by atoms with E-state index in [1.807, 2.05) is 14.0 Å². The fourth-order valence-corrected chi connectivity index (χ4v) is 3.09. The van der Waals surface area contributed by atoms with Crippen molar-refractivity contribution in [3.05, 3.63) is 35.4 Å². The highest BCUT2D eigenvalue weighted by molar-refractivity contribution is 6.71. The predicted molar refractivity (Wildman–Crippen MR) is 96.2 cm³/mol. The normalized spacial score (nSPS) is 13.3. The molecule has 0 aliphatic carbocycles. The summed E-state index contributed by atoms with van der Waals surface area (Å²) in [5, 5.41) is 9.36. The third kappa shape index (κ3) is 9.22. The van der Waals surface area contributed by atoms with E-state index in [0.717, 1.165) is 18.9 Å². The summed E-state index contributed by atoms with van der Waals surface area (Å²) in [7, 11) is 0.344. The van der Waals surface area contributed by atoms with E-state index in [1.165, 1.54) is 11.1 Å². The lowest BCUT2D eigenvalue weighted by molar-refractivity contribution is -0.000557. The Labute approximate surface area is 141 Å². The van der Waals surface area contributed by atoms with Crippen molar-refractivity contribution in [3.63, 3.8) is 0 Å². The molecule has 5 heteroatoms. The Balaban J connectivity index is 2.19. The van der Waals surface area contributed by atoms with Gasteiger partial charge in [0.1, 0.15) is 0 Å². The van der Waals surface area contributed by atoms with Crippen LogP contribution in [0.3, 0.4) is 0 Å². The molecular formula is C18H32O4Si. The topological polar surface area (TPSA) is 47.9 Å². The molecule has 1 N–H and O–H groups in total. The number of aryl methyl sites for hydroxylation is 1. The average Bonchev–Trinajstić information content (AvgIpc) is 2.57. The Kier molecular flexibility index (Phi) is 9.67. The number of hydrogen-bond acceptors (Lipinski definition) is 4. The monoisotopic (exact) mass is 340 g/mol. The van der Waals surface area contributed by atoms with Crippen LogP contribution in [0.25, 0.3) is 0 Å². The highest BCUT2D eigenvalue weighted by Gasteiger charge is 2.19. The molecule has 1 atom stereocenters. The van der Waals surface area contributed by atoms with Crippen LogP contribution in [-0.4, -0.2) is 46.5 Å². The Morgan fingerprint density at radius 3 is 2.26 bits per heavy atom. The van der Waals surface area contributed by atoms with Crippen molar-refractivity contribution in [1.29, 1.82) is 0 Å². The summed E-state index contributed by atoms with van der Waals surface area (Å²) in [4.78, 5) is 0. The van der Waals surface area contributed by atoms with Gasteiger partial charge in [0.15, 0.2) is 8.32 Å². The van der Waals surface area contributed by atoms with E-state index < -0.39 is 8.32 Å². The number of benzene rings is 1. The SMILES string of the molecule is CCC(O)COCCOCc1ccc(CC[Si](C)(C)OC)cc1. The maximum absolute atomic E-state index is 9.36. The highest BCUT2D eigenvalue weighted by atomic mass is 28.4. The summed E-state index contributed by atoms with van der Waals surface area (Å²) >= 11 is 0. The average molecular weight is 341 g/mol. The molecule has 0 heterocycles. The maximum Gasteiger partial charge on any atom is 0.186 e. The van der Waals surface area contributed by atoms with Crippen LogP contribution in [0, 0.1) is 0 Å². The molecule has 132 valence electrons. The zero-order valence-corrected chi connectivity index (χ0v) is 16.0. The van der Waals surface area contributed by atoms with Gasteiger partial charge >= 0.3 is 0 Å². The predicted octanol–water partition coefficient (Wildman–Crippen LogP) is 3.38. The standard InChI is InChI=1S/C18H32O4Si/c1-5-18(19)15-22-12-11-21-14-17-8-6-16(7-9-17)10-13-23(3,4)20-2/h6-9,18-19H,5,10-15H2,1-4H3. The first-order valence-corrected chi connectivity index (χ1v) is 11.5. The molecule has 23 heavy (non-hydrogen) atoms. The molecule has 1 aromatic carbocycles. The number of aliphatic hydroxyl groups excluding tert-OH is 1. The molecule has 0 aliphatic heterocycles. The van der Waals surface area contributed by atoms with Crippen molar-refractivity contribution in [1.82, 2.24) is 0 Å². The van der Waals surface area contributed by atoms with Gasteiger partial charge in [-0.25, -0.2) is 0 Å². The second-order valence-electron chi connectivity index (χ2n) is 6.47. The van der Waals surface area contributed by atoms with Crippen molar-refractivity contribution in [2.45, 2.75) is 51.6 Å². The van der Waals surface area contributed by atoms with Gasteiger partial charge in [0.2, 0.25) is 0 Å². The highest BCUT2D eigenvalue weighted by Crippen LogP contribution is 2.15. The summed E-state index contributed by atoms with van der Waals surface area (Å²) in [5.41, 5.74) is 2.52. The fourth-order valence-electron chi connectivity index (χ4n) is 1.99. The third-order valence-electron chi connectivity index (χ3n) is 4.01. The van der Waals surface area contributed by atoms with Gasteiger partial charge in [-0.1, -0.05) is 31.2 Å². The van der Waals surface area contributed by atoms with Crippen molar-refractivity contribution >= 4 is 8.32 Å². The summed E-state index contributed by atoms with van der Waals surface area (Å²) in [6, 6.07) is 9.73. The van der Waals surface area contributed by atoms with Crippen LogP contribution in [0.15, 0.2) is 24.3 Å². The summed E-state index contributed by atoms with van der Waals surface area (Å²) in [6.07, 6.45) is 1.42. The molecule has 0 radical (unpaired) electrons. The molecule has 0 saturated carbocycles. The molecule has 0 aromatic heterocycles. The van der Waals surface area contributed by atoms with Gasteiger partial charge in [-0.2, -0.15) is 0 Å². The Morgan fingerprint density at radius 2 is 1.65 bits per heavy atom. The maximum atomic E-state index is 9.36. The number of hydrogen-bond donors (Lipinski definition) is 1. The molecule has 4 nitrogen and oxygen atoms in total. The molecule has 0 spiro atoms. The summed E-state index contributed by atoms with van der Waals surface area (Å²) in [6.45, 7) is 8.48. The van der Waals surface area contributed by atoms with Crippen LogP contribution >= 0.6 is 0 Å². The number of aliphatic hydroxyl groups is 1. The number of rotatable bonds is 12. The lowest BCUT2D eigenvalue weighted by atomic mass is 10.1. The second-order valence-corrected chi connectivity index (χ2v) is 10.9. The van der Waals surface area contributed by atoms with Gasteiger partial charge in [0.05, 0.1) is 32.5 Å². The first kappa shape index (κ1) is 20.3. The van der Waals surface area contributed by atoms with E-state index in [2.05, 4.69) is 37.4 Å². The Morgan fingerprint density at radius 1 is 1.04 bits per heavy atom. The fraction of sp³-hybridized carbons (Fsp3) is 0.667. The van der Waals surface area contributed by atoms with E-state index >= 15 is 0 Å². The second kappa shape index (κ2) is 10.9. The van der Waals surface area contributed by atoms with E-state index in [1.54, 1.807) is 0 Å². The number of ether oxygens (including phenoxy) is 2. The van der Waals surface area contributed by atoms with Crippen molar-refractivity contribution in [2.24, 2.45) is 0 Å². The van der Waals surface area contributed by atoms with Gasteiger partial charge in [0, 0.05) is 7.11 Å². The third-order valence-corrected chi connectivity index (χ3v) is 6.57. The lowest BCUT2D eigenvalue weighted by Gasteiger charge is -2.19. The molecule has 0 saturated heterocycles. The molecule has 0 bridgehead atoms. The minimum absolute atomic E-state index is 0.367. The molecule has 0 amide bonds. The van der Waals surface area contributed by atoms with Gasteiger partial charge < -0.3 is 19.0 Å². The Bertz CT molecular complexity index is 420. The molecule has 1 unspecified atom stereocenters. The van der Waals surface area contributed by atoms with Crippen LogP contribution in [0.5, 0.6) is 0 Å². The first-order valence-electron chi connectivity index (χ1n) is 8.43. The van der Waals surface area contributed by atoms with Crippen molar-refractivity contribution in [3.8, 4) is 0 Å². The minimum Gasteiger partial charge on any atom is -0.420 e. The van der Waals surface area contributed by atoms with E-state index in [0.29, 0.717) is 26.4 Å². The van der Waals surface area contributed by atoms with Crippen molar-refractivity contribution < 1.29 is 19.0 Å². The van der Waals surface area contributed by atoms with Crippen LogP contribution in [-0.2, 0) is 26.9 Å². The quantitative estimate of drug-likeness (QED) is 0.468. The zero-order chi connectivity index (χ0) is 17.1. The largest absolute Gasteiger partial charge is 0.420 e. The zero-order valence-electron chi connectivity index (χ0n) is 15.0. The van der Waals surface area contributed by atoms with Crippen LogP contribution < -0.4 is 0 Å². The summed E-state index contributed by atoms with van der Waals surface area (Å²) < 4.78 is 16.5. The van der Waals surface area contributed by atoms with Gasteiger partial charge in [-0.3, -0.25) is 0 Å². The van der Waals surface area contributed by atoms with Gasteiger partial charge in [0.25, 0.3) is 0 Å². The first-order chi connectivity index (χ1) is 11.0. The molecule has 0 aliphatic rings. The summed E-state index contributed by atoms with van der Waals surface area (Å²) in [5.74, 6) is 0. The smallest absolute Gasteiger partial charge is 0.186 e. The Hall–Kier alpha value is -0.723. The molecule has 1 rings (SSSR count). The van der Waals surface area contributed by atoms with Gasteiger partial charge in [-0.05, 0) is 43.1 Å². The van der Waals surface area contributed by atoms with E-state index in [9.17, 15) is 5.11 Å². The van der Waals surface area contributed by atoms with E-state index in [-0.39, 0.29) is 6.10 Å². The van der Waals surface area contributed by atoms with Crippen LogP contribution in [0.2, 0.25) is 19.1 Å². The van der Waals surface area contributed by atoms with Crippen LogP contribution in [0.4, 0.5) is 0 Å². The van der Waals surface area contributed by atoms with Crippen molar-refractivity contribution in [2.75, 3.05) is 26.9 Å². The molecule has 0 fully saturated rings.